The molecule has 0 aliphatic carbocycles. The third kappa shape index (κ3) is 7.00. The van der Waals surface area contributed by atoms with Crippen LogP contribution in [0.25, 0.3) is 0 Å². The van der Waals surface area contributed by atoms with E-state index >= 15 is 0 Å². The summed E-state index contributed by atoms with van der Waals surface area (Å²) in [4.78, 5) is 22.1. The van der Waals surface area contributed by atoms with Gasteiger partial charge in [-0.25, -0.2) is 9.59 Å². The molecule has 0 spiro atoms. The average molecular weight is 472 g/mol. The van der Waals surface area contributed by atoms with Gasteiger partial charge in [0.25, 0.3) is 0 Å². The molecule has 8 heteroatoms. The summed E-state index contributed by atoms with van der Waals surface area (Å²) < 4.78 is 15.7. The molecule has 0 fully saturated rings. The Morgan fingerprint density at radius 3 is 1.43 bits per heavy atom. The number of benzene rings is 4. The quantitative estimate of drug-likeness (QED) is 0.244. The number of carboxylic acid groups (broad SMARTS) is 1. The lowest BCUT2D eigenvalue weighted by atomic mass is 10.2. The van der Waals surface area contributed by atoms with Crippen molar-refractivity contribution in [2.75, 3.05) is 18.6 Å². The molecule has 0 saturated heterocycles. The lowest BCUT2D eigenvalue weighted by Gasteiger charge is -2.08. The zero-order valence-electron chi connectivity index (χ0n) is 18.9. The van der Waals surface area contributed by atoms with Gasteiger partial charge in [-0.1, -0.05) is 36.4 Å². The van der Waals surface area contributed by atoms with Crippen LogP contribution in [-0.2, 0) is 4.74 Å². The normalized spacial score (nSPS) is 9.86. The first kappa shape index (κ1) is 24.7. The summed E-state index contributed by atoms with van der Waals surface area (Å²) in [6.45, 7) is 0. The molecule has 178 valence electrons. The summed E-state index contributed by atoms with van der Waals surface area (Å²) in [5, 5.41) is 8.83. The van der Waals surface area contributed by atoms with E-state index in [1.165, 1.54) is 19.2 Å². The molecule has 5 N–H and O–H groups in total. The lowest BCUT2D eigenvalue weighted by molar-refractivity contribution is 0.0601. The predicted octanol–water partition coefficient (Wildman–Crippen LogP) is 5.61. The van der Waals surface area contributed by atoms with Crippen LogP contribution in [0.3, 0.4) is 0 Å². The summed E-state index contributed by atoms with van der Waals surface area (Å²) >= 11 is 0. The number of esters is 1. The fourth-order valence-electron chi connectivity index (χ4n) is 2.95. The number of rotatable bonds is 6. The summed E-state index contributed by atoms with van der Waals surface area (Å²) in [7, 11) is 1.32. The largest absolute Gasteiger partial charge is 0.478 e. The van der Waals surface area contributed by atoms with Gasteiger partial charge in [-0.15, -0.1) is 0 Å². The topological polar surface area (TPSA) is 134 Å². The van der Waals surface area contributed by atoms with Crippen molar-refractivity contribution in [2.45, 2.75) is 0 Å². The molecule has 35 heavy (non-hydrogen) atoms. The van der Waals surface area contributed by atoms with Crippen LogP contribution >= 0.6 is 0 Å². The Morgan fingerprint density at radius 1 is 0.629 bits per heavy atom. The lowest BCUT2D eigenvalue weighted by Crippen LogP contribution is -2.05. The fourth-order valence-corrected chi connectivity index (χ4v) is 2.95. The standard InChI is InChI=1S/C14H13NO3.C13H11NO3/c1-17-14(16)12-8-7-11(9-13(12)15)18-10-5-3-2-4-6-10;14-12-8-10(6-7-11(12)13(15)16)17-9-4-2-1-3-5-9/h2-9H,15H2,1H3;1-8H,14H2,(H,15,16). The van der Waals surface area contributed by atoms with E-state index in [9.17, 15) is 9.59 Å². The highest BCUT2D eigenvalue weighted by molar-refractivity contribution is 5.95. The van der Waals surface area contributed by atoms with Gasteiger partial charge in [0.15, 0.2) is 0 Å². The van der Waals surface area contributed by atoms with E-state index in [4.69, 9.17) is 26.0 Å². The minimum Gasteiger partial charge on any atom is -0.478 e. The number of ether oxygens (including phenoxy) is 3. The molecule has 8 nitrogen and oxygen atoms in total. The fraction of sp³-hybridized carbons (Fsp3) is 0.0370. The van der Waals surface area contributed by atoms with Crippen LogP contribution in [0, 0.1) is 0 Å². The number of nitrogens with two attached hydrogens (primary N) is 2. The Bertz CT molecular complexity index is 1290. The van der Waals surface area contributed by atoms with Crippen LogP contribution in [0.5, 0.6) is 23.0 Å². The van der Waals surface area contributed by atoms with Crippen LogP contribution in [0.1, 0.15) is 20.7 Å². The highest BCUT2D eigenvalue weighted by atomic mass is 16.5. The van der Waals surface area contributed by atoms with E-state index in [-0.39, 0.29) is 11.3 Å². The summed E-state index contributed by atoms with van der Waals surface area (Å²) in [6, 6.07) is 27.9. The van der Waals surface area contributed by atoms with Crippen LogP contribution in [0.2, 0.25) is 0 Å². The molecule has 0 aliphatic rings. The zero-order valence-corrected chi connectivity index (χ0v) is 18.9. The smallest absolute Gasteiger partial charge is 0.339 e. The van der Waals surface area contributed by atoms with Gasteiger partial charge in [-0.2, -0.15) is 0 Å². The number of nitrogen functional groups attached to an aromatic ring is 2. The zero-order chi connectivity index (χ0) is 25.2. The molecule has 0 unspecified atom stereocenters. The van der Waals surface area contributed by atoms with Gasteiger partial charge in [0.2, 0.25) is 0 Å². The van der Waals surface area contributed by atoms with E-state index in [1.807, 2.05) is 48.5 Å². The maximum Gasteiger partial charge on any atom is 0.339 e. The highest BCUT2D eigenvalue weighted by Crippen LogP contribution is 2.26. The monoisotopic (exact) mass is 472 g/mol. The number of methoxy groups -OCH3 is 1. The van der Waals surface area contributed by atoms with Gasteiger partial charge < -0.3 is 30.8 Å². The van der Waals surface area contributed by atoms with Crippen LogP contribution in [-0.4, -0.2) is 24.2 Å². The molecule has 4 aromatic carbocycles. The maximum atomic E-state index is 11.4. The summed E-state index contributed by atoms with van der Waals surface area (Å²) in [6.07, 6.45) is 0. The average Bonchev–Trinajstić information content (AvgIpc) is 2.85. The summed E-state index contributed by atoms with van der Waals surface area (Å²) in [5.41, 5.74) is 12.3. The molecule has 0 aliphatic heterocycles. The predicted molar refractivity (Wildman–Crippen MR) is 133 cm³/mol. The molecule has 0 atom stereocenters. The molecular weight excluding hydrogens is 448 g/mol. The highest BCUT2D eigenvalue weighted by Gasteiger charge is 2.11. The first-order chi connectivity index (χ1) is 16.9. The molecule has 0 bridgehead atoms. The number of hydrogen-bond acceptors (Lipinski definition) is 7. The molecule has 4 aromatic rings. The molecule has 0 radical (unpaired) electrons. The first-order valence-corrected chi connectivity index (χ1v) is 10.4. The number of hydrogen-bond donors (Lipinski definition) is 3. The van der Waals surface area contributed by atoms with Crippen LogP contribution < -0.4 is 20.9 Å². The molecule has 4 rings (SSSR count). The van der Waals surface area contributed by atoms with E-state index in [2.05, 4.69) is 4.74 Å². The summed E-state index contributed by atoms with van der Waals surface area (Å²) in [5.74, 6) is 0.968. The molecule has 0 aromatic heterocycles. The van der Waals surface area contributed by atoms with Crippen LogP contribution in [0.15, 0.2) is 97.1 Å². The van der Waals surface area contributed by atoms with Gasteiger partial charge >= 0.3 is 11.9 Å². The Balaban J connectivity index is 0.000000196. The molecule has 0 saturated carbocycles. The van der Waals surface area contributed by atoms with Gasteiger partial charge in [0.05, 0.1) is 18.2 Å². The first-order valence-electron chi connectivity index (χ1n) is 10.4. The van der Waals surface area contributed by atoms with Crippen molar-refractivity contribution in [3.63, 3.8) is 0 Å². The number of anilines is 2. The molecular formula is C27H24N2O6. The Labute approximate surface area is 202 Å². The van der Waals surface area contributed by atoms with Gasteiger partial charge in [0.1, 0.15) is 23.0 Å². The van der Waals surface area contributed by atoms with Crippen molar-refractivity contribution in [1.82, 2.24) is 0 Å². The Morgan fingerprint density at radius 2 is 1.06 bits per heavy atom. The van der Waals surface area contributed by atoms with E-state index < -0.39 is 11.9 Å². The minimum absolute atomic E-state index is 0.0745. The van der Waals surface area contributed by atoms with Gasteiger partial charge in [-0.05, 0) is 48.5 Å². The van der Waals surface area contributed by atoms with Crippen molar-refractivity contribution >= 4 is 23.3 Å². The third-order valence-electron chi connectivity index (χ3n) is 4.64. The van der Waals surface area contributed by atoms with E-state index in [0.717, 1.165) is 0 Å². The SMILES string of the molecule is COC(=O)c1ccc(Oc2ccccc2)cc1N.Nc1cc(Oc2ccccc2)ccc1C(=O)O. The van der Waals surface area contributed by atoms with Crippen molar-refractivity contribution in [2.24, 2.45) is 0 Å². The number of aromatic carboxylic acids is 1. The molecule has 0 amide bonds. The Kier molecular flexibility index (Phi) is 8.28. The second-order valence-corrected chi connectivity index (χ2v) is 7.13. The van der Waals surface area contributed by atoms with Gasteiger partial charge in [0, 0.05) is 23.5 Å². The Hall–Kier alpha value is -4.98. The second kappa shape index (κ2) is 11.8. The van der Waals surface area contributed by atoms with Crippen molar-refractivity contribution in [3.05, 3.63) is 108 Å². The maximum absolute atomic E-state index is 11.4. The molecule has 0 heterocycles. The number of carbonyl (C=O) groups is 2. The third-order valence-corrected chi connectivity index (χ3v) is 4.64. The number of carbonyl (C=O) groups excluding carboxylic acids is 1. The van der Waals surface area contributed by atoms with E-state index in [1.54, 1.807) is 36.4 Å². The second-order valence-electron chi connectivity index (χ2n) is 7.13. The van der Waals surface area contributed by atoms with Crippen LogP contribution in [0.4, 0.5) is 11.4 Å². The van der Waals surface area contributed by atoms with E-state index in [0.29, 0.717) is 34.2 Å². The minimum atomic E-state index is -1.05. The number of para-hydroxylation sites is 2. The number of carboxylic acids is 1. The van der Waals surface area contributed by atoms with Gasteiger partial charge in [-0.3, -0.25) is 0 Å². The van der Waals surface area contributed by atoms with Crippen molar-refractivity contribution < 1.29 is 28.9 Å². The van der Waals surface area contributed by atoms with Crippen molar-refractivity contribution in [3.8, 4) is 23.0 Å². The van der Waals surface area contributed by atoms with Crippen molar-refractivity contribution in [1.29, 1.82) is 0 Å².